The number of alkyl halides is 3. The Balaban J connectivity index is 1.60. The number of hydrogen-bond acceptors (Lipinski definition) is 6. The normalized spacial score (nSPS) is 20.8. The van der Waals surface area contributed by atoms with Crippen LogP contribution in [0.15, 0.2) is 48.5 Å². The molecule has 1 amide bonds. The molecule has 3 aromatic rings. The molecule has 4 rings (SSSR count). The lowest BCUT2D eigenvalue weighted by Gasteiger charge is -2.34. The van der Waals surface area contributed by atoms with E-state index >= 15 is 0 Å². The summed E-state index contributed by atoms with van der Waals surface area (Å²) in [7, 11) is 0. The molecule has 2 aromatic carbocycles. The number of rotatable bonds is 4. The lowest BCUT2D eigenvalue weighted by atomic mass is 9.83. The molecule has 1 aliphatic rings. The number of aliphatic hydroxyl groups is 1. The van der Waals surface area contributed by atoms with Crippen molar-refractivity contribution in [2.24, 2.45) is 5.41 Å². The van der Waals surface area contributed by atoms with Crippen molar-refractivity contribution in [2.45, 2.75) is 45.1 Å². The van der Waals surface area contributed by atoms with Crippen LogP contribution in [0.4, 0.5) is 29.3 Å². The van der Waals surface area contributed by atoms with E-state index in [1.807, 2.05) is 20.8 Å². The zero-order chi connectivity index (χ0) is 25.5. The highest BCUT2D eigenvalue weighted by molar-refractivity contribution is 5.77. The second-order valence-electron chi connectivity index (χ2n) is 9.48. The molecule has 2 heterocycles. The topological polar surface area (TPSA) is 116 Å². The first kappa shape index (κ1) is 24.5. The van der Waals surface area contributed by atoms with Crippen LogP contribution in [0.2, 0.25) is 0 Å². The summed E-state index contributed by atoms with van der Waals surface area (Å²) in [5.41, 5.74) is 0.245. The van der Waals surface area contributed by atoms with E-state index in [0.29, 0.717) is 16.9 Å². The summed E-state index contributed by atoms with van der Waals surface area (Å²) in [5.74, 6) is 0.216. The highest BCUT2D eigenvalue weighted by atomic mass is 19.4. The molecule has 1 aromatic heterocycles. The minimum absolute atomic E-state index is 0.000310. The van der Waals surface area contributed by atoms with E-state index in [2.05, 4.69) is 20.7 Å². The van der Waals surface area contributed by atoms with Gasteiger partial charge in [-0.25, -0.2) is 4.79 Å². The molecule has 3 N–H and O–H groups in total. The average molecular weight is 490 g/mol. The van der Waals surface area contributed by atoms with Crippen LogP contribution in [0.5, 0.6) is 0 Å². The third-order valence-corrected chi connectivity index (χ3v) is 5.95. The Morgan fingerprint density at radius 2 is 1.74 bits per heavy atom. The molecule has 3 atom stereocenters. The third kappa shape index (κ3) is 4.92. The molecule has 186 valence electrons. The van der Waals surface area contributed by atoms with Crippen molar-refractivity contribution in [3.8, 4) is 11.4 Å². The Kier molecular flexibility index (Phi) is 6.18. The van der Waals surface area contributed by atoms with Crippen LogP contribution in [0.1, 0.15) is 32.4 Å². The monoisotopic (exact) mass is 490 g/mol. The minimum atomic E-state index is -4.42. The largest absolute Gasteiger partial charge is 0.465 e. The number of nitrogens with one attached hydrogen (secondary N) is 1. The molecular weight excluding hydrogens is 465 g/mol. The Hall–Kier alpha value is -3.67. The lowest BCUT2D eigenvalue weighted by molar-refractivity contribution is -0.137. The van der Waals surface area contributed by atoms with Crippen LogP contribution in [0.25, 0.3) is 11.4 Å². The number of carboxylic acid groups (broad SMARTS) is 1. The molecule has 9 nitrogen and oxygen atoms in total. The van der Waals surface area contributed by atoms with Crippen LogP contribution in [0.3, 0.4) is 0 Å². The number of amides is 1. The van der Waals surface area contributed by atoms with Gasteiger partial charge >= 0.3 is 12.3 Å². The summed E-state index contributed by atoms with van der Waals surface area (Å²) in [6, 6.07) is 10.2. The lowest BCUT2D eigenvalue weighted by Crippen LogP contribution is -2.47. The molecular formula is C23H25F3N6O3. The standard InChI is InChI=1S/C23H25F3N6O3/c1-22(2,3)19-18(33)17(12-31(19)21(34)35)32-29-20(28-30-32)15-6-4-5-7-16(15)27-14-10-8-13(9-11-14)23(24,25)26/h4-11,17-19,27,33H,12H2,1-3H3,(H,34,35). The average Bonchev–Trinajstić information content (AvgIpc) is 3.38. The minimum Gasteiger partial charge on any atom is -0.465 e. The fourth-order valence-corrected chi connectivity index (χ4v) is 4.36. The zero-order valence-corrected chi connectivity index (χ0v) is 19.2. The second kappa shape index (κ2) is 8.84. The van der Waals surface area contributed by atoms with Crippen molar-refractivity contribution >= 4 is 17.5 Å². The molecule has 3 unspecified atom stereocenters. The maximum atomic E-state index is 12.8. The summed E-state index contributed by atoms with van der Waals surface area (Å²) in [4.78, 5) is 14.2. The quantitative estimate of drug-likeness (QED) is 0.496. The van der Waals surface area contributed by atoms with E-state index < -0.39 is 41.4 Å². The van der Waals surface area contributed by atoms with Gasteiger partial charge < -0.3 is 15.5 Å². The molecule has 12 heteroatoms. The van der Waals surface area contributed by atoms with Gasteiger partial charge in [-0.2, -0.15) is 18.0 Å². The van der Waals surface area contributed by atoms with Gasteiger partial charge in [0.25, 0.3) is 0 Å². The first-order valence-electron chi connectivity index (χ1n) is 10.9. The number of carbonyl (C=O) groups is 1. The third-order valence-electron chi connectivity index (χ3n) is 5.95. The molecule has 0 radical (unpaired) electrons. The van der Waals surface area contributed by atoms with Crippen molar-refractivity contribution in [3.63, 3.8) is 0 Å². The van der Waals surface area contributed by atoms with E-state index in [1.54, 1.807) is 24.3 Å². The molecule has 35 heavy (non-hydrogen) atoms. The summed E-state index contributed by atoms with van der Waals surface area (Å²) >= 11 is 0. The van der Waals surface area contributed by atoms with Gasteiger partial charge in [-0.15, -0.1) is 10.2 Å². The fourth-order valence-electron chi connectivity index (χ4n) is 4.36. The summed E-state index contributed by atoms with van der Waals surface area (Å²) in [5, 5.41) is 36.2. The predicted molar refractivity (Wildman–Crippen MR) is 121 cm³/mol. The number of nitrogens with zero attached hydrogens (tertiary/aromatic N) is 5. The second-order valence-corrected chi connectivity index (χ2v) is 9.48. The number of aliphatic hydroxyl groups excluding tert-OH is 1. The van der Waals surface area contributed by atoms with Crippen LogP contribution < -0.4 is 5.32 Å². The first-order chi connectivity index (χ1) is 16.4. The number of anilines is 2. The predicted octanol–water partition coefficient (Wildman–Crippen LogP) is 4.41. The molecule has 1 fully saturated rings. The molecule has 0 aliphatic carbocycles. The van der Waals surface area contributed by atoms with Crippen LogP contribution in [0, 0.1) is 5.41 Å². The van der Waals surface area contributed by atoms with Gasteiger partial charge in [0, 0.05) is 16.9 Å². The van der Waals surface area contributed by atoms with E-state index in [0.717, 1.165) is 12.1 Å². The van der Waals surface area contributed by atoms with E-state index in [-0.39, 0.29) is 12.4 Å². The molecule has 1 aliphatic heterocycles. The van der Waals surface area contributed by atoms with Gasteiger partial charge in [0.2, 0.25) is 5.82 Å². The smallest absolute Gasteiger partial charge is 0.416 e. The first-order valence-corrected chi connectivity index (χ1v) is 10.9. The SMILES string of the molecule is CC(C)(C)C1C(O)C(n2nnc(-c3ccccc3Nc3ccc(C(F)(F)F)cc3)n2)CN1C(=O)O. The van der Waals surface area contributed by atoms with Crippen molar-refractivity contribution in [2.75, 3.05) is 11.9 Å². The van der Waals surface area contributed by atoms with Gasteiger partial charge in [0.15, 0.2) is 0 Å². The highest BCUT2D eigenvalue weighted by Crippen LogP contribution is 2.38. The van der Waals surface area contributed by atoms with Gasteiger partial charge in [-0.3, -0.25) is 4.90 Å². The Bertz CT molecular complexity index is 1210. The number of halogens is 3. The number of hydrogen-bond donors (Lipinski definition) is 3. The fraction of sp³-hybridized carbons (Fsp3) is 0.391. The number of tetrazole rings is 1. The molecule has 0 spiro atoms. The number of benzene rings is 2. The van der Waals surface area contributed by atoms with Gasteiger partial charge in [-0.1, -0.05) is 32.9 Å². The van der Waals surface area contributed by atoms with Crippen molar-refractivity contribution in [1.82, 2.24) is 25.1 Å². The molecule has 0 bridgehead atoms. The Labute approximate surface area is 199 Å². The maximum Gasteiger partial charge on any atom is 0.416 e. The maximum absolute atomic E-state index is 12.8. The number of aromatic nitrogens is 4. The summed E-state index contributed by atoms with van der Waals surface area (Å²) in [6.45, 7) is 5.55. The summed E-state index contributed by atoms with van der Waals surface area (Å²) < 4.78 is 38.5. The highest BCUT2D eigenvalue weighted by Gasteiger charge is 2.50. The number of para-hydroxylation sites is 1. The van der Waals surface area contributed by atoms with Gasteiger partial charge in [0.05, 0.1) is 18.2 Å². The van der Waals surface area contributed by atoms with Crippen molar-refractivity contribution < 1.29 is 28.2 Å². The summed E-state index contributed by atoms with van der Waals surface area (Å²) in [6.07, 6.45) is -6.61. The van der Waals surface area contributed by atoms with Gasteiger partial charge in [-0.05, 0) is 47.0 Å². The van der Waals surface area contributed by atoms with E-state index in [1.165, 1.54) is 21.8 Å². The van der Waals surface area contributed by atoms with Crippen LogP contribution >= 0.6 is 0 Å². The molecule has 1 saturated heterocycles. The number of likely N-dealkylation sites (tertiary alicyclic amines) is 1. The van der Waals surface area contributed by atoms with Crippen molar-refractivity contribution in [3.05, 3.63) is 54.1 Å². The van der Waals surface area contributed by atoms with E-state index in [4.69, 9.17) is 0 Å². The van der Waals surface area contributed by atoms with E-state index in [9.17, 15) is 28.2 Å². The van der Waals surface area contributed by atoms with Crippen molar-refractivity contribution in [1.29, 1.82) is 0 Å². The van der Waals surface area contributed by atoms with Crippen LogP contribution in [-0.4, -0.2) is 60.1 Å². The Morgan fingerprint density at radius 3 is 2.31 bits per heavy atom. The Morgan fingerprint density at radius 1 is 1.09 bits per heavy atom. The van der Waals surface area contributed by atoms with Crippen LogP contribution in [-0.2, 0) is 6.18 Å². The molecule has 0 saturated carbocycles. The van der Waals surface area contributed by atoms with Gasteiger partial charge in [0.1, 0.15) is 12.1 Å². The zero-order valence-electron chi connectivity index (χ0n) is 19.2.